The number of nitrogens with one attached hydrogen (secondary N) is 1. The summed E-state index contributed by atoms with van der Waals surface area (Å²) in [5, 5.41) is 0. The molecule has 2 bridgehead atoms. The van der Waals surface area contributed by atoms with Crippen molar-refractivity contribution in [2.45, 2.75) is 57.2 Å². The molecule has 5 nitrogen and oxygen atoms in total. The van der Waals surface area contributed by atoms with E-state index in [1.165, 1.54) is 25.3 Å². The number of hydrogen-bond donors (Lipinski definition) is 1. The zero-order chi connectivity index (χ0) is 16.2. The average Bonchev–Trinajstić information content (AvgIpc) is 2.63. The highest BCUT2D eigenvalue weighted by Gasteiger charge is 2.59. The number of aromatic amines is 1. The lowest BCUT2D eigenvalue weighted by atomic mass is 9.71. The van der Waals surface area contributed by atoms with E-state index < -0.39 is 0 Å². The van der Waals surface area contributed by atoms with E-state index in [2.05, 4.69) is 28.8 Å². The van der Waals surface area contributed by atoms with Gasteiger partial charge in [-0.25, -0.2) is 0 Å². The lowest BCUT2D eigenvalue weighted by Gasteiger charge is -2.44. The highest BCUT2D eigenvalue weighted by Crippen LogP contribution is 2.53. The number of rotatable bonds is 1. The number of fused-ring (bicyclic) bond motifs is 1. The highest BCUT2D eigenvalue weighted by atomic mass is 16.2. The Kier molecular flexibility index (Phi) is 3.38. The van der Waals surface area contributed by atoms with Gasteiger partial charge in [-0.3, -0.25) is 9.59 Å². The van der Waals surface area contributed by atoms with Crippen LogP contribution in [0, 0.1) is 5.41 Å². The molecular weight excluding hydrogens is 290 g/mol. The summed E-state index contributed by atoms with van der Waals surface area (Å²) in [4.78, 5) is 32.0. The molecule has 1 amide bonds. The Morgan fingerprint density at radius 1 is 1.26 bits per heavy atom. The summed E-state index contributed by atoms with van der Waals surface area (Å²) in [7, 11) is 2.20. The van der Waals surface area contributed by atoms with Crippen LogP contribution in [-0.2, 0) is 0 Å². The van der Waals surface area contributed by atoms with Crippen molar-refractivity contribution in [1.82, 2.24) is 14.8 Å². The molecule has 0 aromatic carbocycles. The minimum Gasteiger partial charge on any atom is -0.329 e. The number of aromatic nitrogens is 1. The SMILES string of the molecule is CN1C[C@@H]2C[C@@]3(C)[C@H](CCCC[C@@H]13)N2C(=O)c1cccc(=O)[nH]1. The summed E-state index contributed by atoms with van der Waals surface area (Å²) in [5.41, 5.74) is 0.399. The van der Waals surface area contributed by atoms with Gasteiger partial charge in [0.15, 0.2) is 0 Å². The normalized spacial score (nSPS) is 36.8. The molecule has 1 saturated carbocycles. The molecule has 0 radical (unpaired) electrons. The lowest BCUT2D eigenvalue weighted by molar-refractivity contribution is 0.0576. The second kappa shape index (κ2) is 5.20. The van der Waals surface area contributed by atoms with Crippen molar-refractivity contribution >= 4 is 5.91 Å². The number of pyridine rings is 1. The number of amides is 1. The molecule has 2 saturated heterocycles. The Bertz CT molecular complexity index is 685. The van der Waals surface area contributed by atoms with Crippen LogP contribution < -0.4 is 5.56 Å². The molecule has 3 fully saturated rings. The number of H-pyrrole nitrogens is 1. The maximum atomic E-state index is 13.1. The van der Waals surface area contributed by atoms with Crippen LogP contribution in [0.15, 0.2) is 23.0 Å². The first-order valence-corrected chi connectivity index (χ1v) is 8.73. The Labute approximate surface area is 136 Å². The lowest BCUT2D eigenvalue weighted by Crippen LogP contribution is -2.51. The molecule has 3 aliphatic rings. The van der Waals surface area contributed by atoms with E-state index in [4.69, 9.17) is 0 Å². The topological polar surface area (TPSA) is 56.4 Å². The van der Waals surface area contributed by atoms with Crippen molar-refractivity contribution in [2.24, 2.45) is 5.41 Å². The van der Waals surface area contributed by atoms with Gasteiger partial charge in [-0.05, 0) is 32.4 Å². The third-order valence-electron chi connectivity index (χ3n) is 6.40. The van der Waals surface area contributed by atoms with Crippen LogP contribution in [0.25, 0.3) is 0 Å². The monoisotopic (exact) mass is 315 g/mol. The van der Waals surface area contributed by atoms with Gasteiger partial charge in [-0.1, -0.05) is 25.8 Å². The van der Waals surface area contributed by atoms with E-state index in [1.54, 1.807) is 12.1 Å². The summed E-state index contributed by atoms with van der Waals surface area (Å²) in [6.07, 6.45) is 5.85. The number of likely N-dealkylation sites (N-methyl/N-ethyl adjacent to an activating group) is 1. The second-order valence-electron chi connectivity index (χ2n) is 7.76. The van der Waals surface area contributed by atoms with Crippen LogP contribution in [0.2, 0.25) is 0 Å². The van der Waals surface area contributed by atoms with Crippen molar-refractivity contribution in [3.63, 3.8) is 0 Å². The van der Waals surface area contributed by atoms with E-state index in [9.17, 15) is 9.59 Å². The molecule has 1 N–H and O–H groups in total. The van der Waals surface area contributed by atoms with Crippen LogP contribution in [-0.4, -0.2) is 52.4 Å². The molecule has 1 aliphatic carbocycles. The maximum Gasteiger partial charge on any atom is 0.270 e. The van der Waals surface area contributed by atoms with E-state index in [0.717, 1.165) is 19.4 Å². The van der Waals surface area contributed by atoms with Gasteiger partial charge < -0.3 is 14.8 Å². The quantitative estimate of drug-likeness (QED) is 0.860. The first-order chi connectivity index (χ1) is 11.0. The summed E-state index contributed by atoms with van der Waals surface area (Å²) >= 11 is 0. The fraction of sp³-hybridized carbons (Fsp3) is 0.667. The predicted molar refractivity (Wildman–Crippen MR) is 88.4 cm³/mol. The van der Waals surface area contributed by atoms with Crippen molar-refractivity contribution in [3.8, 4) is 0 Å². The van der Waals surface area contributed by atoms with Crippen LogP contribution >= 0.6 is 0 Å². The Morgan fingerprint density at radius 2 is 2.00 bits per heavy atom. The molecule has 124 valence electrons. The summed E-state index contributed by atoms with van der Waals surface area (Å²) in [6, 6.07) is 5.97. The van der Waals surface area contributed by atoms with Crippen molar-refractivity contribution < 1.29 is 4.79 Å². The van der Waals surface area contributed by atoms with Gasteiger partial charge in [0.25, 0.3) is 5.91 Å². The number of piperidine rings is 1. The Balaban J connectivity index is 1.74. The Morgan fingerprint density at radius 3 is 2.74 bits per heavy atom. The van der Waals surface area contributed by atoms with E-state index in [1.807, 2.05) is 0 Å². The number of nitrogens with zero attached hydrogens (tertiary/aromatic N) is 2. The first-order valence-electron chi connectivity index (χ1n) is 8.73. The largest absolute Gasteiger partial charge is 0.329 e. The standard InChI is InChI=1S/C18H25N3O2/c1-18-10-12-11-20(2)14(18)7-3-4-8-15(18)21(12)17(23)13-6-5-9-16(22)19-13/h5-6,9,12,14-15H,3-4,7-8,10-11H2,1-2H3,(H,19,22)/t12-,14+,15-,18+/m0/s1. The third-order valence-corrected chi connectivity index (χ3v) is 6.40. The molecule has 3 heterocycles. The maximum absolute atomic E-state index is 13.1. The number of carbonyl (C=O) groups excluding carboxylic acids is 1. The summed E-state index contributed by atoms with van der Waals surface area (Å²) in [5.74, 6) is -0.00243. The molecule has 0 unspecified atom stereocenters. The number of hydrogen-bond acceptors (Lipinski definition) is 3. The molecule has 23 heavy (non-hydrogen) atoms. The van der Waals surface area contributed by atoms with Gasteiger partial charge in [0.05, 0.1) is 0 Å². The van der Waals surface area contributed by atoms with Crippen molar-refractivity contribution in [3.05, 3.63) is 34.2 Å². The van der Waals surface area contributed by atoms with Gasteiger partial charge in [0.2, 0.25) is 5.56 Å². The molecule has 1 aromatic heterocycles. The molecule has 4 rings (SSSR count). The second-order valence-corrected chi connectivity index (χ2v) is 7.76. The van der Waals surface area contributed by atoms with Gasteiger partial charge in [-0.2, -0.15) is 0 Å². The van der Waals surface area contributed by atoms with Crippen molar-refractivity contribution in [2.75, 3.05) is 13.6 Å². The minimum absolute atomic E-state index is 0.00243. The van der Waals surface area contributed by atoms with Crippen molar-refractivity contribution in [1.29, 1.82) is 0 Å². The number of carbonyl (C=O) groups is 1. The molecule has 5 heteroatoms. The molecule has 2 aliphatic heterocycles. The predicted octanol–water partition coefficient (Wildman–Crippen LogP) is 1.85. The van der Waals surface area contributed by atoms with Crippen LogP contribution in [0.5, 0.6) is 0 Å². The first kappa shape index (κ1) is 14.9. The zero-order valence-corrected chi connectivity index (χ0v) is 13.9. The molecule has 1 aromatic rings. The van der Waals surface area contributed by atoms with Gasteiger partial charge in [0.1, 0.15) is 5.69 Å². The zero-order valence-electron chi connectivity index (χ0n) is 13.9. The third kappa shape index (κ3) is 2.17. The minimum atomic E-state index is -0.208. The molecule has 4 atom stereocenters. The fourth-order valence-corrected chi connectivity index (χ4v) is 5.50. The summed E-state index contributed by atoms with van der Waals surface area (Å²) in [6.45, 7) is 3.32. The summed E-state index contributed by atoms with van der Waals surface area (Å²) < 4.78 is 0. The van der Waals surface area contributed by atoms with Crippen LogP contribution in [0.3, 0.4) is 0 Å². The Hall–Kier alpha value is -1.62. The highest BCUT2D eigenvalue weighted by molar-refractivity contribution is 5.93. The smallest absolute Gasteiger partial charge is 0.270 e. The molecular formula is C18H25N3O2. The van der Waals surface area contributed by atoms with Crippen LogP contribution in [0.1, 0.15) is 49.5 Å². The van der Waals surface area contributed by atoms with Gasteiger partial charge >= 0.3 is 0 Å². The van der Waals surface area contributed by atoms with Gasteiger partial charge in [-0.15, -0.1) is 0 Å². The number of likely N-dealkylation sites (tertiary alicyclic amines) is 2. The molecule has 0 spiro atoms. The average molecular weight is 315 g/mol. The van der Waals surface area contributed by atoms with Crippen LogP contribution in [0.4, 0.5) is 0 Å². The fourth-order valence-electron chi connectivity index (χ4n) is 5.50. The van der Waals surface area contributed by atoms with E-state index >= 15 is 0 Å². The van der Waals surface area contributed by atoms with E-state index in [-0.39, 0.29) is 22.9 Å². The van der Waals surface area contributed by atoms with Gasteiger partial charge in [0, 0.05) is 36.2 Å². The van der Waals surface area contributed by atoms with E-state index in [0.29, 0.717) is 17.8 Å².